The number of carbonyl (C=O) groups excluding carboxylic acids is 1. The third-order valence-electron chi connectivity index (χ3n) is 3.12. The highest BCUT2D eigenvalue weighted by Gasteiger charge is 2.22. The Morgan fingerprint density at radius 1 is 1.24 bits per heavy atom. The molecule has 100 valence electrons. The van der Waals surface area contributed by atoms with E-state index in [1.807, 2.05) is 20.8 Å². The quantitative estimate of drug-likeness (QED) is 0.620. The van der Waals surface area contributed by atoms with Crippen molar-refractivity contribution in [2.75, 3.05) is 11.0 Å². The summed E-state index contributed by atoms with van der Waals surface area (Å²) in [4.78, 5) is 11.5. The fraction of sp³-hybridized carbons (Fsp3) is 0.923. The van der Waals surface area contributed by atoms with Gasteiger partial charge < -0.3 is 10.1 Å². The fourth-order valence-electron chi connectivity index (χ4n) is 2.13. The third kappa shape index (κ3) is 6.48. The van der Waals surface area contributed by atoms with E-state index < -0.39 is 5.60 Å². The number of amides is 1. The van der Waals surface area contributed by atoms with Crippen molar-refractivity contribution in [3.63, 3.8) is 0 Å². The zero-order valence-corrected chi connectivity index (χ0v) is 13.2. The van der Waals surface area contributed by atoms with Gasteiger partial charge in [0, 0.05) is 11.0 Å². The van der Waals surface area contributed by atoms with Gasteiger partial charge in [0.2, 0.25) is 0 Å². The van der Waals surface area contributed by atoms with Crippen molar-refractivity contribution in [3.8, 4) is 0 Å². The summed E-state index contributed by atoms with van der Waals surface area (Å²) in [5.41, 5.74) is -0.400. The van der Waals surface area contributed by atoms with Crippen LogP contribution in [0.25, 0.3) is 0 Å². The molecule has 4 heteroatoms. The molecule has 1 saturated carbocycles. The first-order valence-electron chi connectivity index (χ1n) is 6.43. The molecule has 1 aliphatic rings. The molecule has 1 fully saturated rings. The number of alkyl halides is 1. The van der Waals surface area contributed by atoms with Crippen LogP contribution in [0.15, 0.2) is 0 Å². The molecule has 0 atom stereocenters. The smallest absolute Gasteiger partial charge is 0.407 e. The molecule has 0 aliphatic heterocycles. The molecule has 0 aromatic rings. The molecular formula is C13H24INO2. The van der Waals surface area contributed by atoms with Gasteiger partial charge in [-0.25, -0.2) is 4.79 Å². The SMILES string of the molecule is CC(C)(C)OC(=O)NC[C@H]1CC[C@H](CI)CC1. The zero-order valence-electron chi connectivity index (χ0n) is 11.1. The summed E-state index contributed by atoms with van der Waals surface area (Å²) >= 11 is 2.47. The molecule has 0 spiro atoms. The predicted octanol–water partition coefficient (Wildman–Crippen LogP) is 3.75. The lowest BCUT2D eigenvalue weighted by Gasteiger charge is -2.28. The van der Waals surface area contributed by atoms with Crippen molar-refractivity contribution in [1.82, 2.24) is 5.32 Å². The van der Waals surface area contributed by atoms with E-state index in [4.69, 9.17) is 4.74 Å². The first-order valence-corrected chi connectivity index (χ1v) is 7.96. The minimum atomic E-state index is -0.400. The molecule has 1 aliphatic carbocycles. The van der Waals surface area contributed by atoms with Gasteiger partial charge in [-0.2, -0.15) is 0 Å². The van der Waals surface area contributed by atoms with Crippen LogP contribution >= 0.6 is 22.6 Å². The van der Waals surface area contributed by atoms with E-state index in [-0.39, 0.29) is 6.09 Å². The number of rotatable bonds is 3. The molecule has 0 saturated heterocycles. The van der Waals surface area contributed by atoms with Crippen molar-refractivity contribution in [2.24, 2.45) is 11.8 Å². The second kappa shape index (κ2) is 6.81. The van der Waals surface area contributed by atoms with Crippen molar-refractivity contribution in [1.29, 1.82) is 0 Å². The lowest BCUT2D eigenvalue weighted by atomic mass is 9.83. The third-order valence-corrected chi connectivity index (χ3v) is 4.36. The molecule has 1 amide bonds. The molecular weight excluding hydrogens is 329 g/mol. The average molecular weight is 353 g/mol. The van der Waals surface area contributed by atoms with Gasteiger partial charge in [-0.15, -0.1) is 0 Å². The van der Waals surface area contributed by atoms with Gasteiger partial charge >= 0.3 is 6.09 Å². The van der Waals surface area contributed by atoms with Gasteiger partial charge in [0.25, 0.3) is 0 Å². The van der Waals surface area contributed by atoms with Crippen molar-refractivity contribution >= 4 is 28.7 Å². The molecule has 0 aromatic heterocycles. The Balaban J connectivity index is 2.17. The monoisotopic (exact) mass is 353 g/mol. The van der Waals surface area contributed by atoms with E-state index in [9.17, 15) is 4.79 Å². The largest absolute Gasteiger partial charge is 0.444 e. The summed E-state index contributed by atoms with van der Waals surface area (Å²) in [6, 6.07) is 0. The molecule has 0 aromatic carbocycles. The Morgan fingerprint density at radius 3 is 2.24 bits per heavy atom. The molecule has 0 radical (unpaired) electrons. The second-order valence-corrected chi connectivity index (χ2v) is 6.80. The number of hydrogen-bond acceptors (Lipinski definition) is 2. The Kier molecular flexibility index (Phi) is 6.03. The summed E-state index contributed by atoms with van der Waals surface area (Å²) in [6.45, 7) is 6.43. The maximum absolute atomic E-state index is 11.5. The molecule has 0 heterocycles. The Labute approximate surface area is 118 Å². The summed E-state index contributed by atoms with van der Waals surface area (Å²) in [5.74, 6) is 1.54. The van der Waals surface area contributed by atoms with Crippen molar-refractivity contribution < 1.29 is 9.53 Å². The first-order chi connectivity index (χ1) is 7.90. The highest BCUT2D eigenvalue weighted by Crippen LogP contribution is 2.29. The Morgan fingerprint density at radius 2 is 1.76 bits per heavy atom. The van der Waals surface area contributed by atoms with Crippen LogP contribution in [0.3, 0.4) is 0 Å². The number of halogens is 1. The molecule has 17 heavy (non-hydrogen) atoms. The minimum absolute atomic E-state index is 0.284. The number of alkyl carbamates (subject to hydrolysis) is 1. The van der Waals surface area contributed by atoms with Gasteiger partial charge in [0.1, 0.15) is 5.60 Å². The fourth-order valence-corrected chi connectivity index (χ4v) is 3.01. The van der Waals surface area contributed by atoms with Gasteiger partial charge in [-0.05, 0) is 58.3 Å². The van der Waals surface area contributed by atoms with Crippen LogP contribution in [-0.2, 0) is 4.74 Å². The lowest BCUT2D eigenvalue weighted by Crippen LogP contribution is -2.36. The predicted molar refractivity (Wildman–Crippen MR) is 78.6 cm³/mol. The molecule has 1 rings (SSSR count). The molecule has 0 bridgehead atoms. The van der Waals surface area contributed by atoms with Crippen LogP contribution in [0.1, 0.15) is 46.5 Å². The molecule has 3 nitrogen and oxygen atoms in total. The van der Waals surface area contributed by atoms with E-state index in [1.54, 1.807) is 0 Å². The van der Waals surface area contributed by atoms with Crippen LogP contribution in [-0.4, -0.2) is 22.7 Å². The highest BCUT2D eigenvalue weighted by atomic mass is 127. The Bertz CT molecular complexity index is 242. The van der Waals surface area contributed by atoms with E-state index >= 15 is 0 Å². The molecule has 0 unspecified atom stereocenters. The number of ether oxygens (including phenoxy) is 1. The number of carbonyl (C=O) groups is 1. The summed E-state index contributed by atoms with van der Waals surface area (Å²) in [6.07, 6.45) is 4.81. The summed E-state index contributed by atoms with van der Waals surface area (Å²) < 4.78 is 6.49. The van der Waals surface area contributed by atoms with Crippen LogP contribution in [0.5, 0.6) is 0 Å². The van der Waals surface area contributed by atoms with Gasteiger partial charge in [-0.3, -0.25) is 0 Å². The minimum Gasteiger partial charge on any atom is -0.444 e. The summed E-state index contributed by atoms with van der Waals surface area (Å²) in [7, 11) is 0. The maximum Gasteiger partial charge on any atom is 0.407 e. The summed E-state index contributed by atoms with van der Waals surface area (Å²) in [5, 5.41) is 2.88. The van der Waals surface area contributed by atoms with Crippen LogP contribution in [0.4, 0.5) is 4.79 Å². The average Bonchev–Trinajstić information content (AvgIpc) is 2.25. The van der Waals surface area contributed by atoms with E-state index in [1.165, 1.54) is 30.1 Å². The van der Waals surface area contributed by atoms with E-state index in [0.29, 0.717) is 5.92 Å². The normalized spacial score (nSPS) is 25.4. The van der Waals surface area contributed by atoms with Crippen molar-refractivity contribution in [3.05, 3.63) is 0 Å². The number of nitrogens with one attached hydrogen (secondary N) is 1. The van der Waals surface area contributed by atoms with Gasteiger partial charge in [0.15, 0.2) is 0 Å². The Hall–Kier alpha value is 0. The zero-order chi connectivity index (χ0) is 12.9. The lowest BCUT2D eigenvalue weighted by molar-refractivity contribution is 0.0514. The van der Waals surface area contributed by atoms with Crippen LogP contribution in [0.2, 0.25) is 0 Å². The maximum atomic E-state index is 11.5. The van der Waals surface area contributed by atoms with Gasteiger partial charge in [0.05, 0.1) is 0 Å². The van der Waals surface area contributed by atoms with Crippen LogP contribution < -0.4 is 5.32 Å². The van der Waals surface area contributed by atoms with Gasteiger partial charge in [-0.1, -0.05) is 22.6 Å². The first kappa shape index (κ1) is 15.1. The highest BCUT2D eigenvalue weighted by molar-refractivity contribution is 14.1. The van der Waals surface area contributed by atoms with E-state index in [0.717, 1.165) is 12.5 Å². The van der Waals surface area contributed by atoms with Crippen LogP contribution in [0, 0.1) is 11.8 Å². The van der Waals surface area contributed by atoms with Crippen molar-refractivity contribution in [2.45, 2.75) is 52.1 Å². The topological polar surface area (TPSA) is 38.3 Å². The second-order valence-electron chi connectivity index (χ2n) is 5.92. The standard InChI is InChI=1S/C13H24INO2/c1-13(2,3)17-12(16)15-9-11-6-4-10(8-14)5-7-11/h10-11H,4-9H2,1-3H3,(H,15,16)/t10-,11-. The van der Waals surface area contributed by atoms with E-state index in [2.05, 4.69) is 27.9 Å². The number of hydrogen-bond donors (Lipinski definition) is 1. The molecule has 1 N–H and O–H groups in total.